The average molecular weight is 305 g/mol. The number of nitrogens with zero attached hydrogens (tertiary/aromatic N) is 1. The van der Waals surface area contributed by atoms with Crippen molar-refractivity contribution in [2.75, 3.05) is 5.73 Å². The molecule has 114 valence electrons. The first kappa shape index (κ1) is 15.6. The molecule has 0 bridgehead atoms. The Labute approximate surface area is 130 Å². The second kappa shape index (κ2) is 6.35. The van der Waals surface area contributed by atoms with E-state index in [1.54, 1.807) is 17.4 Å². The van der Waals surface area contributed by atoms with E-state index in [1.807, 2.05) is 17.7 Å². The minimum absolute atomic E-state index is 0.00588. The van der Waals surface area contributed by atoms with Gasteiger partial charge in [-0.15, -0.1) is 11.3 Å². The number of hydrogen-bond acceptors (Lipinski definition) is 3. The SMILES string of the molecule is CCCn1cc(N)cc1C(=O)NC(C)c1cc(C)sc1C. The zero-order valence-electron chi connectivity index (χ0n) is 13.1. The molecule has 4 nitrogen and oxygen atoms in total. The van der Waals surface area contributed by atoms with Crippen molar-refractivity contribution in [3.05, 3.63) is 39.3 Å². The molecule has 5 heteroatoms. The molecule has 21 heavy (non-hydrogen) atoms. The predicted octanol–water partition coefficient (Wildman–Crippen LogP) is 3.65. The van der Waals surface area contributed by atoms with E-state index in [1.165, 1.54) is 15.3 Å². The molecule has 2 heterocycles. The van der Waals surface area contributed by atoms with Gasteiger partial charge < -0.3 is 15.6 Å². The predicted molar refractivity (Wildman–Crippen MR) is 88.8 cm³/mol. The molecule has 0 saturated carbocycles. The van der Waals surface area contributed by atoms with Crippen LogP contribution in [0, 0.1) is 13.8 Å². The minimum Gasteiger partial charge on any atom is -0.397 e. The number of anilines is 1. The standard InChI is InChI=1S/C16H23N3OS/c1-5-6-19-9-13(17)8-15(19)16(20)18-11(3)14-7-10(2)21-12(14)4/h7-9,11H,5-6,17H2,1-4H3,(H,18,20). The Morgan fingerprint density at radius 3 is 2.71 bits per heavy atom. The van der Waals surface area contributed by atoms with Gasteiger partial charge in [-0.1, -0.05) is 6.92 Å². The van der Waals surface area contributed by atoms with Crippen LogP contribution in [0.5, 0.6) is 0 Å². The van der Waals surface area contributed by atoms with Gasteiger partial charge in [-0.2, -0.15) is 0 Å². The smallest absolute Gasteiger partial charge is 0.268 e. The van der Waals surface area contributed by atoms with Gasteiger partial charge in [-0.25, -0.2) is 0 Å². The van der Waals surface area contributed by atoms with E-state index in [-0.39, 0.29) is 11.9 Å². The fourth-order valence-corrected chi connectivity index (χ4v) is 3.60. The number of rotatable bonds is 5. The van der Waals surface area contributed by atoms with Gasteiger partial charge in [-0.3, -0.25) is 4.79 Å². The molecule has 1 atom stereocenters. The number of nitrogens with one attached hydrogen (secondary N) is 1. The van der Waals surface area contributed by atoms with Crippen molar-refractivity contribution >= 4 is 22.9 Å². The zero-order chi connectivity index (χ0) is 15.6. The average Bonchev–Trinajstić information content (AvgIpc) is 2.92. The summed E-state index contributed by atoms with van der Waals surface area (Å²) >= 11 is 1.76. The summed E-state index contributed by atoms with van der Waals surface area (Å²) in [6, 6.07) is 3.88. The fourth-order valence-electron chi connectivity index (χ4n) is 2.58. The summed E-state index contributed by atoms with van der Waals surface area (Å²) in [5.74, 6) is -0.0732. The fraction of sp³-hybridized carbons (Fsp3) is 0.438. The number of hydrogen-bond donors (Lipinski definition) is 2. The van der Waals surface area contributed by atoms with Gasteiger partial charge in [0.05, 0.1) is 11.7 Å². The highest BCUT2D eigenvalue weighted by atomic mass is 32.1. The molecule has 0 fully saturated rings. The highest BCUT2D eigenvalue weighted by Crippen LogP contribution is 2.26. The minimum atomic E-state index is -0.0732. The van der Waals surface area contributed by atoms with E-state index >= 15 is 0 Å². The van der Waals surface area contributed by atoms with Crippen LogP contribution in [-0.4, -0.2) is 10.5 Å². The van der Waals surface area contributed by atoms with Crippen LogP contribution in [0.15, 0.2) is 18.3 Å². The van der Waals surface area contributed by atoms with Crippen LogP contribution in [0.2, 0.25) is 0 Å². The Morgan fingerprint density at radius 1 is 1.43 bits per heavy atom. The van der Waals surface area contributed by atoms with E-state index < -0.39 is 0 Å². The Bertz CT molecular complexity index is 642. The third-order valence-electron chi connectivity index (χ3n) is 3.51. The quantitative estimate of drug-likeness (QED) is 0.886. The molecule has 0 aromatic carbocycles. The van der Waals surface area contributed by atoms with Crippen molar-refractivity contribution in [3.8, 4) is 0 Å². The third kappa shape index (κ3) is 3.47. The van der Waals surface area contributed by atoms with Crippen LogP contribution in [-0.2, 0) is 6.54 Å². The van der Waals surface area contributed by atoms with Gasteiger partial charge in [0.25, 0.3) is 5.91 Å². The molecule has 2 aromatic heterocycles. The number of carbonyl (C=O) groups is 1. The monoisotopic (exact) mass is 305 g/mol. The van der Waals surface area contributed by atoms with E-state index in [4.69, 9.17) is 5.73 Å². The summed E-state index contributed by atoms with van der Waals surface area (Å²) in [5, 5.41) is 3.07. The lowest BCUT2D eigenvalue weighted by Gasteiger charge is -2.15. The van der Waals surface area contributed by atoms with E-state index in [0.29, 0.717) is 11.4 Å². The first-order valence-electron chi connectivity index (χ1n) is 7.25. The van der Waals surface area contributed by atoms with Crippen LogP contribution in [0.25, 0.3) is 0 Å². The maximum absolute atomic E-state index is 12.5. The topological polar surface area (TPSA) is 60.0 Å². The maximum Gasteiger partial charge on any atom is 0.268 e. The summed E-state index contributed by atoms with van der Waals surface area (Å²) < 4.78 is 1.92. The second-order valence-corrected chi connectivity index (χ2v) is 6.88. The van der Waals surface area contributed by atoms with Gasteiger partial charge in [0, 0.05) is 22.5 Å². The number of aryl methyl sites for hydroxylation is 3. The summed E-state index contributed by atoms with van der Waals surface area (Å²) in [6.07, 6.45) is 2.79. The Balaban J connectivity index is 2.16. The van der Waals surface area contributed by atoms with Gasteiger partial charge in [-0.05, 0) is 44.9 Å². The van der Waals surface area contributed by atoms with Crippen molar-refractivity contribution in [1.82, 2.24) is 9.88 Å². The Kier molecular flexibility index (Phi) is 4.73. The van der Waals surface area contributed by atoms with Gasteiger partial charge in [0.1, 0.15) is 5.69 Å². The van der Waals surface area contributed by atoms with Crippen molar-refractivity contribution < 1.29 is 4.79 Å². The largest absolute Gasteiger partial charge is 0.397 e. The molecule has 0 aliphatic carbocycles. The summed E-state index contributed by atoms with van der Waals surface area (Å²) in [4.78, 5) is 15.0. The number of thiophene rings is 1. The second-order valence-electron chi connectivity index (χ2n) is 5.42. The highest BCUT2D eigenvalue weighted by molar-refractivity contribution is 7.12. The molecule has 0 saturated heterocycles. The third-order valence-corrected chi connectivity index (χ3v) is 4.49. The van der Waals surface area contributed by atoms with Crippen LogP contribution < -0.4 is 11.1 Å². The van der Waals surface area contributed by atoms with Crippen LogP contribution in [0.1, 0.15) is 52.1 Å². The first-order chi connectivity index (χ1) is 9.92. The summed E-state index contributed by atoms with van der Waals surface area (Å²) in [7, 11) is 0. The molecule has 0 aliphatic rings. The number of aromatic nitrogens is 1. The Morgan fingerprint density at radius 2 is 2.14 bits per heavy atom. The zero-order valence-corrected chi connectivity index (χ0v) is 13.9. The molecule has 2 aromatic rings. The molecule has 0 spiro atoms. The van der Waals surface area contributed by atoms with Crippen molar-refractivity contribution in [3.63, 3.8) is 0 Å². The molecule has 3 N–H and O–H groups in total. The number of carbonyl (C=O) groups excluding carboxylic acids is 1. The molecule has 0 radical (unpaired) electrons. The van der Waals surface area contributed by atoms with Crippen LogP contribution in [0.3, 0.4) is 0 Å². The number of nitrogen functional groups attached to an aromatic ring is 1. The molecule has 1 amide bonds. The summed E-state index contributed by atoms with van der Waals surface area (Å²) in [6.45, 7) is 9.07. The van der Waals surface area contributed by atoms with Gasteiger partial charge in [0.15, 0.2) is 0 Å². The van der Waals surface area contributed by atoms with Crippen molar-refractivity contribution in [2.45, 2.75) is 46.7 Å². The van der Waals surface area contributed by atoms with Gasteiger partial charge in [0.2, 0.25) is 0 Å². The molecular formula is C16H23N3OS. The first-order valence-corrected chi connectivity index (χ1v) is 8.07. The molecule has 1 unspecified atom stereocenters. The lowest BCUT2D eigenvalue weighted by molar-refractivity contribution is 0.0930. The van der Waals surface area contributed by atoms with Crippen molar-refractivity contribution in [1.29, 1.82) is 0 Å². The van der Waals surface area contributed by atoms with E-state index in [0.717, 1.165) is 13.0 Å². The van der Waals surface area contributed by atoms with Crippen LogP contribution in [0.4, 0.5) is 5.69 Å². The van der Waals surface area contributed by atoms with Gasteiger partial charge >= 0.3 is 0 Å². The lowest BCUT2D eigenvalue weighted by atomic mass is 10.1. The Hall–Kier alpha value is -1.75. The van der Waals surface area contributed by atoms with E-state index in [2.05, 4.69) is 32.2 Å². The molecule has 0 aliphatic heterocycles. The number of amides is 1. The molecule has 2 rings (SSSR count). The lowest BCUT2D eigenvalue weighted by Crippen LogP contribution is -2.28. The normalized spacial score (nSPS) is 12.4. The maximum atomic E-state index is 12.5. The highest BCUT2D eigenvalue weighted by Gasteiger charge is 2.17. The summed E-state index contributed by atoms with van der Waals surface area (Å²) in [5.41, 5.74) is 8.26. The molecular weight excluding hydrogens is 282 g/mol. The van der Waals surface area contributed by atoms with Crippen molar-refractivity contribution in [2.24, 2.45) is 0 Å². The van der Waals surface area contributed by atoms with Crippen LogP contribution >= 0.6 is 11.3 Å². The van der Waals surface area contributed by atoms with E-state index in [9.17, 15) is 4.79 Å². The number of nitrogens with two attached hydrogens (primary N) is 1.